The molecule has 1 aromatic heterocycles. The van der Waals surface area contributed by atoms with Gasteiger partial charge in [0.05, 0.1) is 18.9 Å². The molecule has 31 heavy (non-hydrogen) atoms. The second-order valence-corrected chi connectivity index (χ2v) is 7.33. The second kappa shape index (κ2) is 9.82. The Morgan fingerprint density at radius 2 is 1.74 bits per heavy atom. The maximum absolute atomic E-state index is 13.0. The molecule has 9 nitrogen and oxygen atoms in total. The first-order chi connectivity index (χ1) is 15.0. The van der Waals surface area contributed by atoms with Crippen molar-refractivity contribution in [3.8, 4) is 0 Å². The SMILES string of the molecule is CCOC(=O)C1(C(=O)OCC)Cc2c(C(=O)CCc3ccccc3)nnn2C(OC)C1. The van der Waals surface area contributed by atoms with Crippen molar-refractivity contribution in [3.05, 3.63) is 47.3 Å². The third-order valence-electron chi connectivity index (χ3n) is 5.41. The van der Waals surface area contributed by atoms with E-state index in [1.54, 1.807) is 13.8 Å². The first kappa shape index (κ1) is 22.6. The van der Waals surface area contributed by atoms with Crippen LogP contribution >= 0.6 is 0 Å². The van der Waals surface area contributed by atoms with Gasteiger partial charge in [0, 0.05) is 26.4 Å². The molecule has 1 aromatic carbocycles. The molecule has 0 amide bonds. The van der Waals surface area contributed by atoms with Crippen molar-refractivity contribution in [3.63, 3.8) is 0 Å². The molecule has 3 rings (SSSR count). The Morgan fingerprint density at radius 1 is 1.10 bits per heavy atom. The molecule has 2 heterocycles. The van der Waals surface area contributed by atoms with Crippen molar-refractivity contribution >= 4 is 17.7 Å². The van der Waals surface area contributed by atoms with Crippen molar-refractivity contribution in [1.29, 1.82) is 0 Å². The van der Waals surface area contributed by atoms with E-state index in [1.165, 1.54) is 11.8 Å². The molecule has 0 spiro atoms. The van der Waals surface area contributed by atoms with Crippen LogP contribution in [0.3, 0.4) is 0 Å². The molecule has 0 fully saturated rings. The molecule has 0 bridgehead atoms. The smallest absolute Gasteiger partial charge is 0.324 e. The molecule has 1 aliphatic rings. The average molecular weight is 429 g/mol. The number of ether oxygens (including phenoxy) is 3. The van der Waals surface area contributed by atoms with E-state index in [1.807, 2.05) is 30.3 Å². The summed E-state index contributed by atoms with van der Waals surface area (Å²) in [5, 5.41) is 8.14. The number of hydrogen-bond donors (Lipinski definition) is 0. The summed E-state index contributed by atoms with van der Waals surface area (Å²) < 4.78 is 17.4. The lowest BCUT2D eigenvalue weighted by Gasteiger charge is -2.36. The van der Waals surface area contributed by atoms with Gasteiger partial charge in [-0.2, -0.15) is 0 Å². The van der Waals surface area contributed by atoms with E-state index in [4.69, 9.17) is 14.2 Å². The lowest BCUT2D eigenvalue weighted by molar-refractivity contribution is -0.179. The summed E-state index contributed by atoms with van der Waals surface area (Å²) in [4.78, 5) is 38.8. The standard InChI is InChI=1S/C22H27N3O6/c1-4-30-20(27)22(21(28)31-5-2)13-16-19(23-24-25(16)18(14-22)29-3)17(26)12-11-15-9-7-6-8-10-15/h6-10,18H,4-5,11-14H2,1-3H3. The molecule has 2 aromatic rings. The van der Waals surface area contributed by atoms with Crippen LogP contribution in [-0.2, 0) is 36.6 Å². The number of esters is 2. The molecule has 1 unspecified atom stereocenters. The molecule has 9 heteroatoms. The molecular weight excluding hydrogens is 402 g/mol. The highest BCUT2D eigenvalue weighted by atomic mass is 16.6. The number of carbonyl (C=O) groups is 3. The maximum Gasteiger partial charge on any atom is 0.324 e. The molecule has 0 N–H and O–H groups in total. The van der Waals surface area contributed by atoms with Crippen LogP contribution in [-0.4, -0.2) is 53.0 Å². The zero-order chi connectivity index (χ0) is 22.4. The highest BCUT2D eigenvalue weighted by Gasteiger charge is 2.55. The highest BCUT2D eigenvalue weighted by Crippen LogP contribution is 2.41. The molecule has 166 valence electrons. The minimum absolute atomic E-state index is 0.0187. The Kier molecular flexibility index (Phi) is 7.17. The summed E-state index contributed by atoms with van der Waals surface area (Å²) >= 11 is 0. The Labute approximate surface area is 180 Å². The molecule has 0 radical (unpaired) electrons. The van der Waals surface area contributed by atoms with Gasteiger partial charge in [0.2, 0.25) is 0 Å². The Hall–Kier alpha value is -3.07. The molecular formula is C22H27N3O6. The summed E-state index contributed by atoms with van der Waals surface area (Å²) in [6.45, 7) is 3.55. The molecule has 0 aliphatic carbocycles. The number of ketones is 1. The molecule has 1 aliphatic heterocycles. The normalized spacial score (nSPS) is 16.9. The van der Waals surface area contributed by atoms with Crippen LogP contribution in [0.15, 0.2) is 30.3 Å². The Morgan fingerprint density at radius 3 is 2.32 bits per heavy atom. The number of rotatable bonds is 9. The van der Waals surface area contributed by atoms with Crippen molar-refractivity contribution in [2.24, 2.45) is 5.41 Å². The van der Waals surface area contributed by atoms with Crippen molar-refractivity contribution in [1.82, 2.24) is 15.0 Å². The van der Waals surface area contributed by atoms with E-state index >= 15 is 0 Å². The summed E-state index contributed by atoms with van der Waals surface area (Å²) in [5.74, 6) is -1.63. The van der Waals surface area contributed by atoms with E-state index < -0.39 is 23.6 Å². The zero-order valence-electron chi connectivity index (χ0n) is 18.0. The third kappa shape index (κ3) is 4.51. The fourth-order valence-corrected chi connectivity index (χ4v) is 3.81. The van der Waals surface area contributed by atoms with Crippen molar-refractivity contribution in [2.75, 3.05) is 20.3 Å². The predicted octanol–water partition coefficient (Wildman–Crippen LogP) is 2.30. The van der Waals surface area contributed by atoms with E-state index in [0.717, 1.165) is 5.56 Å². The van der Waals surface area contributed by atoms with Gasteiger partial charge in [-0.15, -0.1) is 5.10 Å². The lowest BCUT2D eigenvalue weighted by Crippen LogP contribution is -2.49. The summed E-state index contributed by atoms with van der Waals surface area (Å²) in [7, 11) is 1.44. The fourth-order valence-electron chi connectivity index (χ4n) is 3.81. The number of methoxy groups -OCH3 is 1. The summed E-state index contributed by atoms with van der Waals surface area (Å²) in [5.41, 5.74) is -0.0919. The van der Waals surface area contributed by atoms with Crippen LogP contribution in [0, 0.1) is 5.41 Å². The lowest BCUT2D eigenvalue weighted by atomic mass is 9.76. The maximum atomic E-state index is 13.0. The topological polar surface area (TPSA) is 110 Å². The van der Waals surface area contributed by atoms with Gasteiger partial charge in [-0.25, -0.2) is 4.68 Å². The van der Waals surface area contributed by atoms with E-state index in [2.05, 4.69) is 10.3 Å². The summed E-state index contributed by atoms with van der Waals surface area (Å²) in [6, 6.07) is 9.63. The molecule has 0 saturated heterocycles. The van der Waals surface area contributed by atoms with Gasteiger partial charge in [0.15, 0.2) is 23.1 Å². The van der Waals surface area contributed by atoms with Crippen LogP contribution in [0.25, 0.3) is 0 Å². The van der Waals surface area contributed by atoms with E-state index in [9.17, 15) is 14.4 Å². The van der Waals surface area contributed by atoms with Gasteiger partial charge in [-0.3, -0.25) is 14.4 Å². The third-order valence-corrected chi connectivity index (χ3v) is 5.41. The zero-order valence-corrected chi connectivity index (χ0v) is 18.0. The van der Waals surface area contributed by atoms with Gasteiger partial charge in [0.1, 0.15) is 0 Å². The largest absolute Gasteiger partial charge is 0.465 e. The van der Waals surface area contributed by atoms with Gasteiger partial charge in [-0.1, -0.05) is 35.5 Å². The van der Waals surface area contributed by atoms with Gasteiger partial charge in [-0.05, 0) is 25.8 Å². The first-order valence-electron chi connectivity index (χ1n) is 10.3. The quantitative estimate of drug-likeness (QED) is 0.339. The van der Waals surface area contributed by atoms with Crippen molar-refractivity contribution in [2.45, 2.75) is 45.8 Å². The van der Waals surface area contributed by atoms with Gasteiger partial charge in [0.25, 0.3) is 0 Å². The minimum atomic E-state index is -1.63. The van der Waals surface area contributed by atoms with Crippen LogP contribution < -0.4 is 0 Å². The predicted molar refractivity (Wildman–Crippen MR) is 109 cm³/mol. The number of hydrogen-bond acceptors (Lipinski definition) is 8. The Bertz CT molecular complexity index is 922. The Balaban J connectivity index is 1.94. The number of aryl methyl sites for hydroxylation is 1. The van der Waals surface area contributed by atoms with E-state index in [-0.39, 0.29) is 44.0 Å². The number of nitrogens with zero attached hydrogens (tertiary/aromatic N) is 3. The van der Waals surface area contributed by atoms with Crippen molar-refractivity contribution < 1.29 is 28.6 Å². The van der Waals surface area contributed by atoms with Crippen LogP contribution in [0.4, 0.5) is 0 Å². The first-order valence-corrected chi connectivity index (χ1v) is 10.3. The van der Waals surface area contributed by atoms with Crippen LogP contribution in [0.2, 0.25) is 0 Å². The fraction of sp³-hybridized carbons (Fsp3) is 0.500. The molecule has 0 saturated carbocycles. The number of carbonyl (C=O) groups excluding carboxylic acids is 3. The van der Waals surface area contributed by atoms with E-state index in [0.29, 0.717) is 12.1 Å². The van der Waals surface area contributed by atoms with Gasteiger partial charge >= 0.3 is 11.9 Å². The second-order valence-electron chi connectivity index (χ2n) is 7.33. The number of Topliss-reactive ketones (excluding diaryl/α,β-unsaturated/α-hetero) is 1. The highest BCUT2D eigenvalue weighted by molar-refractivity contribution is 6.01. The minimum Gasteiger partial charge on any atom is -0.465 e. The monoisotopic (exact) mass is 429 g/mol. The number of aromatic nitrogens is 3. The molecule has 1 atom stereocenters. The van der Waals surface area contributed by atoms with Gasteiger partial charge < -0.3 is 14.2 Å². The van der Waals surface area contributed by atoms with Crippen LogP contribution in [0.5, 0.6) is 0 Å². The summed E-state index contributed by atoms with van der Waals surface area (Å²) in [6.07, 6.45) is -0.112. The number of fused-ring (bicyclic) bond motifs is 1. The average Bonchev–Trinajstić information content (AvgIpc) is 3.21. The number of benzene rings is 1. The van der Waals surface area contributed by atoms with Crippen LogP contribution in [0.1, 0.15) is 54.7 Å².